The van der Waals surface area contributed by atoms with Crippen LogP contribution in [0.4, 0.5) is 5.69 Å². The maximum absolute atomic E-state index is 12.9. The summed E-state index contributed by atoms with van der Waals surface area (Å²) in [5, 5.41) is 15.5. The van der Waals surface area contributed by atoms with Crippen LogP contribution in [-0.2, 0) is 4.79 Å². The number of carbonyl (C=O) groups is 2. The quantitative estimate of drug-likeness (QED) is 0.442. The van der Waals surface area contributed by atoms with Crippen LogP contribution in [0.3, 0.4) is 0 Å². The molecule has 4 rings (SSSR count). The van der Waals surface area contributed by atoms with E-state index >= 15 is 0 Å². The van der Waals surface area contributed by atoms with E-state index in [1.807, 2.05) is 0 Å². The number of furan rings is 1. The highest BCUT2D eigenvalue weighted by Gasteiger charge is 2.30. The van der Waals surface area contributed by atoms with Gasteiger partial charge in [0.25, 0.3) is 5.91 Å². The monoisotopic (exact) mass is 474 g/mol. The van der Waals surface area contributed by atoms with E-state index in [1.54, 1.807) is 43.3 Å². The number of amides is 1. The van der Waals surface area contributed by atoms with E-state index in [2.05, 4.69) is 5.10 Å². The Bertz CT molecular complexity index is 1290. The number of aromatic carboxylic acids is 1. The molecule has 0 spiro atoms. The van der Waals surface area contributed by atoms with Crippen molar-refractivity contribution in [3.8, 4) is 11.3 Å². The molecule has 2 aromatic carbocycles. The zero-order valence-corrected chi connectivity index (χ0v) is 18.2. The highest BCUT2D eigenvalue weighted by atomic mass is 35.5. The Labute approximate surface area is 191 Å². The average molecular weight is 476 g/mol. The summed E-state index contributed by atoms with van der Waals surface area (Å²) in [6.07, 6.45) is 1.57. The normalized spacial score (nSPS) is 15.0. The van der Waals surface area contributed by atoms with Gasteiger partial charge >= 0.3 is 5.97 Å². The molecule has 0 saturated heterocycles. The van der Waals surface area contributed by atoms with Gasteiger partial charge in [-0.1, -0.05) is 40.9 Å². The summed E-state index contributed by atoms with van der Waals surface area (Å²) >= 11 is 18.2. The third kappa shape index (κ3) is 3.97. The molecular weight excluding hydrogens is 463 g/mol. The van der Waals surface area contributed by atoms with Gasteiger partial charge < -0.3 is 9.52 Å². The van der Waals surface area contributed by atoms with Crippen LogP contribution in [-0.4, -0.2) is 22.7 Å². The number of hydrogen-bond donors (Lipinski definition) is 1. The lowest BCUT2D eigenvalue weighted by atomic mass is 10.1. The first-order valence-electron chi connectivity index (χ1n) is 8.95. The Morgan fingerprint density at radius 3 is 2.61 bits per heavy atom. The first-order valence-corrected chi connectivity index (χ1v) is 10.1. The lowest BCUT2D eigenvalue weighted by molar-refractivity contribution is -0.114. The summed E-state index contributed by atoms with van der Waals surface area (Å²) in [4.78, 5) is 24.3. The highest BCUT2D eigenvalue weighted by molar-refractivity contribution is 6.43. The van der Waals surface area contributed by atoms with E-state index in [9.17, 15) is 14.7 Å². The summed E-state index contributed by atoms with van der Waals surface area (Å²) in [6, 6.07) is 12.9. The molecule has 1 aliphatic heterocycles. The lowest BCUT2D eigenvalue weighted by Crippen LogP contribution is -2.21. The molecule has 0 saturated carbocycles. The molecule has 156 valence electrons. The third-order valence-corrected chi connectivity index (χ3v) is 5.77. The van der Waals surface area contributed by atoms with E-state index in [4.69, 9.17) is 39.2 Å². The van der Waals surface area contributed by atoms with Crippen molar-refractivity contribution in [2.24, 2.45) is 5.10 Å². The van der Waals surface area contributed by atoms with Crippen molar-refractivity contribution in [2.75, 3.05) is 5.01 Å². The van der Waals surface area contributed by atoms with Gasteiger partial charge in [-0.3, -0.25) is 4.79 Å². The number of benzene rings is 2. The van der Waals surface area contributed by atoms with Gasteiger partial charge in [-0.05, 0) is 55.5 Å². The van der Waals surface area contributed by atoms with Crippen LogP contribution in [0.5, 0.6) is 0 Å². The molecule has 1 aromatic heterocycles. The summed E-state index contributed by atoms with van der Waals surface area (Å²) < 4.78 is 5.83. The Balaban J connectivity index is 1.65. The smallest absolute Gasteiger partial charge is 0.337 e. The molecule has 0 aliphatic carbocycles. The van der Waals surface area contributed by atoms with Gasteiger partial charge in [0.15, 0.2) is 0 Å². The van der Waals surface area contributed by atoms with Gasteiger partial charge in [-0.2, -0.15) is 10.1 Å². The van der Waals surface area contributed by atoms with Crippen molar-refractivity contribution in [3.63, 3.8) is 0 Å². The molecule has 31 heavy (non-hydrogen) atoms. The topological polar surface area (TPSA) is 83.1 Å². The molecular formula is C22H13Cl3N2O4. The molecule has 6 nitrogen and oxygen atoms in total. The fourth-order valence-electron chi connectivity index (χ4n) is 3.08. The van der Waals surface area contributed by atoms with Crippen molar-refractivity contribution >= 4 is 64.2 Å². The van der Waals surface area contributed by atoms with Gasteiger partial charge in [0.05, 0.1) is 37.6 Å². The number of carboxylic acid groups (broad SMARTS) is 1. The first-order chi connectivity index (χ1) is 14.8. The Kier molecular flexibility index (Phi) is 5.62. The summed E-state index contributed by atoms with van der Waals surface area (Å²) in [5.41, 5.74) is 1.57. The fourth-order valence-corrected chi connectivity index (χ4v) is 3.67. The second kappa shape index (κ2) is 8.23. The molecule has 3 aromatic rings. The standard InChI is InChI=1S/C22H13Cl3N2O4/c1-11-15(10-13-6-8-19(31-13)14-3-2-4-18(24)20(14)25)21(28)27(26-11)12-5-7-17(23)16(9-12)22(29)30/h2-10H,1H3,(H,29,30)/b15-10-. The molecule has 9 heteroatoms. The number of carboxylic acids is 1. The van der Waals surface area contributed by atoms with Gasteiger partial charge in [0.1, 0.15) is 11.5 Å². The van der Waals surface area contributed by atoms with E-state index in [-0.39, 0.29) is 10.6 Å². The first kappa shape index (κ1) is 21.2. The predicted molar refractivity (Wildman–Crippen MR) is 121 cm³/mol. The largest absolute Gasteiger partial charge is 0.478 e. The third-order valence-electron chi connectivity index (χ3n) is 4.62. The molecule has 0 atom stereocenters. The minimum atomic E-state index is -1.20. The van der Waals surface area contributed by atoms with Crippen LogP contribution in [0.15, 0.2) is 63.6 Å². The Hall–Kier alpha value is -3.06. The zero-order chi connectivity index (χ0) is 22.3. The summed E-state index contributed by atoms with van der Waals surface area (Å²) in [6.45, 7) is 1.68. The second-order valence-electron chi connectivity index (χ2n) is 6.63. The predicted octanol–water partition coefficient (Wildman–Crippen LogP) is 6.41. The molecule has 0 unspecified atom stereocenters. The van der Waals surface area contributed by atoms with Gasteiger partial charge in [0.2, 0.25) is 0 Å². The van der Waals surface area contributed by atoms with Crippen molar-refractivity contribution in [1.29, 1.82) is 0 Å². The van der Waals surface area contributed by atoms with E-state index in [1.165, 1.54) is 18.2 Å². The minimum Gasteiger partial charge on any atom is -0.478 e. The maximum atomic E-state index is 12.9. The number of hydrogen-bond acceptors (Lipinski definition) is 4. The summed E-state index contributed by atoms with van der Waals surface area (Å²) in [5.74, 6) is -0.694. The second-order valence-corrected chi connectivity index (χ2v) is 7.83. The number of hydrazone groups is 1. The van der Waals surface area contributed by atoms with Crippen LogP contribution < -0.4 is 5.01 Å². The molecule has 2 heterocycles. The van der Waals surface area contributed by atoms with E-state index < -0.39 is 11.9 Å². The van der Waals surface area contributed by atoms with Crippen molar-refractivity contribution in [2.45, 2.75) is 6.92 Å². The zero-order valence-electron chi connectivity index (χ0n) is 15.9. The van der Waals surface area contributed by atoms with Gasteiger partial charge in [-0.15, -0.1) is 0 Å². The molecule has 1 N–H and O–H groups in total. The number of anilines is 1. The fraction of sp³-hybridized carbons (Fsp3) is 0.0455. The number of nitrogens with zero attached hydrogens (tertiary/aromatic N) is 2. The van der Waals surface area contributed by atoms with Gasteiger partial charge in [-0.25, -0.2) is 4.79 Å². The average Bonchev–Trinajstić information content (AvgIpc) is 3.30. The molecule has 0 radical (unpaired) electrons. The number of halogens is 3. The molecule has 0 bridgehead atoms. The maximum Gasteiger partial charge on any atom is 0.337 e. The van der Waals surface area contributed by atoms with Crippen LogP contribution in [0.2, 0.25) is 15.1 Å². The molecule has 0 fully saturated rings. The van der Waals surface area contributed by atoms with Crippen molar-refractivity contribution in [3.05, 3.63) is 80.5 Å². The van der Waals surface area contributed by atoms with Crippen molar-refractivity contribution in [1.82, 2.24) is 0 Å². The lowest BCUT2D eigenvalue weighted by Gasteiger charge is -2.12. The van der Waals surface area contributed by atoms with E-state index in [0.717, 1.165) is 5.01 Å². The Morgan fingerprint density at radius 1 is 1.10 bits per heavy atom. The minimum absolute atomic E-state index is 0.0714. The highest BCUT2D eigenvalue weighted by Crippen LogP contribution is 2.35. The van der Waals surface area contributed by atoms with Crippen LogP contribution in [0.1, 0.15) is 23.0 Å². The van der Waals surface area contributed by atoms with Crippen LogP contribution in [0, 0.1) is 0 Å². The van der Waals surface area contributed by atoms with Crippen LogP contribution >= 0.6 is 34.8 Å². The van der Waals surface area contributed by atoms with Crippen molar-refractivity contribution < 1.29 is 19.1 Å². The number of rotatable bonds is 4. The van der Waals surface area contributed by atoms with Crippen LogP contribution in [0.25, 0.3) is 17.4 Å². The summed E-state index contributed by atoms with van der Waals surface area (Å²) in [7, 11) is 0. The van der Waals surface area contributed by atoms with E-state index in [0.29, 0.717) is 44.1 Å². The molecule has 1 amide bonds. The SMILES string of the molecule is CC1=NN(c2ccc(Cl)c(C(=O)O)c2)C(=O)/C1=C\c1ccc(-c2cccc(Cl)c2Cl)o1. The number of carbonyl (C=O) groups excluding carboxylic acids is 1. The Morgan fingerprint density at radius 2 is 1.87 bits per heavy atom. The van der Waals surface area contributed by atoms with Gasteiger partial charge in [0, 0.05) is 5.56 Å². The molecule has 1 aliphatic rings.